The van der Waals surface area contributed by atoms with Gasteiger partial charge < -0.3 is 10.2 Å². The third-order valence-electron chi connectivity index (χ3n) is 0.735. The minimum absolute atomic E-state index is 0. The van der Waals surface area contributed by atoms with Gasteiger partial charge in [-0.3, -0.25) is 4.99 Å². The SMILES string of the molecule is [Na+].[O-]C1=N/C(=C(/O)Br)SC1. The van der Waals surface area contributed by atoms with Gasteiger partial charge in [0.1, 0.15) is 5.03 Å². The molecule has 6 heteroatoms. The van der Waals surface area contributed by atoms with Gasteiger partial charge in [0.2, 0.25) is 0 Å². The summed E-state index contributed by atoms with van der Waals surface area (Å²) in [6.07, 6.45) is 0. The molecule has 0 fully saturated rings. The van der Waals surface area contributed by atoms with Crippen LogP contribution in [0.1, 0.15) is 0 Å². The number of thioether (sulfide) groups is 1. The van der Waals surface area contributed by atoms with Crippen LogP contribution >= 0.6 is 27.7 Å². The van der Waals surface area contributed by atoms with E-state index in [1.807, 2.05) is 0 Å². The summed E-state index contributed by atoms with van der Waals surface area (Å²) in [7, 11) is 0. The summed E-state index contributed by atoms with van der Waals surface area (Å²) in [6, 6.07) is 0. The van der Waals surface area contributed by atoms with E-state index in [0.717, 1.165) is 0 Å². The Morgan fingerprint density at radius 2 is 2.40 bits per heavy atom. The molecule has 0 radical (unpaired) electrons. The average Bonchev–Trinajstić information content (AvgIpc) is 2.14. The third-order valence-corrected chi connectivity index (χ3v) is 2.32. The molecule has 1 aliphatic heterocycles. The van der Waals surface area contributed by atoms with Crippen LogP contribution in [0, 0.1) is 0 Å². The molecule has 0 saturated carbocycles. The molecule has 0 amide bonds. The number of nitrogens with zero attached hydrogens (tertiary/aromatic N) is 1. The number of hydrogen-bond acceptors (Lipinski definition) is 4. The topological polar surface area (TPSA) is 55.7 Å². The number of aliphatic hydroxyl groups excluding tert-OH is 1. The molecule has 0 aromatic carbocycles. The Labute approximate surface area is 93.0 Å². The fourth-order valence-electron chi connectivity index (χ4n) is 0.414. The predicted octanol–water partition coefficient (Wildman–Crippen LogP) is -2.42. The van der Waals surface area contributed by atoms with E-state index < -0.39 is 0 Å². The molecular formula is C4H3BrNNaO2S. The summed E-state index contributed by atoms with van der Waals surface area (Å²) in [5.41, 5.74) is 0. The van der Waals surface area contributed by atoms with E-state index in [-0.39, 0.29) is 40.1 Å². The van der Waals surface area contributed by atoms with E-state index in [0.29, 0.717) is 10.8 Å². The summed E-state index contributed by atoms with van der Waals surface area (Å²) >= 11 is 4.02. The molecule has 0 aromatic heterocycles. The van der Waals surface area contributed by atoms with Crippen molar-refractivity contribution in [2.45, 2.75) is 0 Å². The molecule has 3 nitrogen and oxygen atoms in total. The second-order valence-corrected chi connectivity index (χ2v) is 3.11. The Bertz CT molecular complexity index is 190. The molecule has 0 aliphatic carbocycles. The van der Waals surface area contributed by atoms with E-state index in [9.17, 15) is 5.11 Å². The molecule has 1 aliphatic rings. The van der Waals surface area contributed by atoms with Crippen LogP contribution in [0.15, 0.2) is 14.7 Å². The maximum atomic E-state index is 10.4. The molecular weight excluding hydrogens is 229 g/mol. The Morgan fingerprint density at radius 3 is 2.60 bits per heavy atom. The largest absolute Gasteiger partial charge is 1.00 e. The van der Waals surface area contributed by atoms with E-state index in [1.165, 1.54) is 11.8 Å². The van der Waals surface area contributed by atoms with Gasteiger partial charge in [0, 0.05) is 5.75 Å². The number of halogens is 1. The summed E-state index contributed by atoms with van der Waals surface area (Å²) in [4.78, 5) is 3.49. The third kappa shape index (κ3) is 2.84. The van der Waals surface area contributed by atoms with Gasteiger partial charge in [0.15, 0.2) is 4.67 Å². The van der Waals surface area contributed by atoms with E-state index in [2.05, 4.69) is 20.9 Å². The van der Waals surface area contributed by atoms with Crippen molar-refractivity contribution in [3.8, 4) is 0 Å². The zero-order valence-corrected chi connectivity index (χ0v) is 9.70. The number of hydrogen-bond donors (Lipinski definition) is 1. The maximum absolute atomic E-state index is 10.4. The average molecular weight is 232 g/mol. The first kappa shape index (κ1) is 10.8. The van der Waals surface area contributed by atoms with Crippen LogP contribution in [-0.4, -0.2) is 16.8 Å². The number of rotatable bonds is 0. The maximum Gasteiger partial charge on any atom is 1.00 e. The van der Waals surface area contributed by atoms with Crippen molar-refractivity contribution >= 4 is 33.6 Å². The van der Waals surface area contributed by atoms with Crippen LogP contribution in [0.3, 0.4) is 0 Å². The van der Waals surface area contributed by atoms with Crippen LogP contribution < -0.4 is 34.7 Å². The molecule has 0 atom stereocenters. The van der Waals surface area contributed by atoms with E-state index in [4.69, 9.17) is 5.11 Å². The van der Waals surface area contributed by atoms with Gasteiger partial charge in [-0.15, -0.1) is 0 Å². The molecule has 0 saturated heterocycles. The fourth-order valence-corrected chi connectivity index (χ4v) is 1.46. The molecule has 0 spiro atoms. The summed E-state index contributed by atoms with van der Waals surface area (Å²) in [5, 5.41) is 19.5. The Morgan fingerprint density at radius 1 is 1.80 bits per heavy atom. The van der Waals surface area contributed by atoms with Crippen LogP contribution in [0.4, 0.5) is 0 Å². The first-order valence-electron chi connectivity index (χ1n) is 2.16. The number of aliphatic imine (C=N–C) groups is 1. The van der Waals surface area contributed by atoms with Crippen molar-refractivity contribution in [2.24, 2.45) is 4.99 Å². The summed E-state index contributed by atoms with van der Waals surface area (Å²) in [5.74, 6) is 0.145. The van der Waals surface area contributed by atoms with Gasteiger partial charge in [-0.25, -0.2) is 0 Å². The van der Waals surface area contributed by atoms with Crippen molar-refractivity contribution in [2.75, 3.05) is 5.75 Å². The molecule has 1 N–H and O–H groups in total. The van der Waals surface area contributed by atoms with Crippen LogP contribution in [0.2, 0.25) is 0 Å². The molecule has 1 heterocycles. The van der Waals surface area contributed by atoms with Gasteiger partial charge in [0.05, 0.1) is 0 Å². The minimum Gasteiger partial charge on any atom is -0.861 e. The molecule has 0 aromatic rings. The second kappa shape index (κ2) is 4.66. The fraction of sp³-hybridized carbons (Fsp3) is 0.250. The van der Waals surface area contributed by atoms with Crippen molar-refractivity contribution in [1.29, 1.82) is 0 Å². The van der Waals surface area contributed by atoms with Crippen molar-refractivity contribution in [3.63, 3.8) is 0 Å². The van der Waals surface area contributed by atoms with Crippen molar-refractivity contribution in [1.82, 2.24) is 0 Å². The Balaban J connectivity index is 0.000000810. The normalized spacial score (nSPS) is 21.5. The second-order valence-electron chi connectivity index (χ2n) is 1.39. The smallest absolute Gasteiger partial charge is 0.861 e. The molecule has 50 valence electrons. The summed E-state index contributed by atoms with van der Waals surface area (Å²) < 4.78 is -0.0571. The Hall–Kier alpha value is 0.840. The quantitative estimate of drug-likeness (QED) is 0.373. The van der Waals surface area contributed by atoms with Crippen molar-refractivity contribution in [3.05, 3.63) is 9.70 Å². The van der Waals surface area contributed by atoms with Crippen LogP contribution in [-0.2, 0) is 0 Å². The zero-order valence-electron chi connectivity index (χ0n) is 5.30. The van der Waals surface area contributed by atoms with E-state index in [1.54, 1.807) is 0 Å². The first-order valence-corrected chi connectivity index (χ1v) is 3.94. The van der Waals surface area contributed by atoms with Crippen LogP contribution in [0.5, 0.6) is 0 Å². The van der Waals surface area contributed by atoms with E-state index >= 15 is 0 Å². The first-order chi connectivity index (χ1) is 4.20. The van der Waals surface area contributed by atoms with Gasteiger partial charge in [-0.05, 0) is 21.8 Å². The molecule has 10 heavy (non-hydrogen) atoms. The molecule has 1 rings (SSSR count). The van der Waals surface area contributed by atoms with Gasteiger partial charge in [-0.2, -0.15) is 0 Å². The van der Waals surface area contributed by atoms with Gasteiger partial charge >= 0.3 is 29.6 Å². The number of aliphatic hydroxyl groups is 1. The standard InChI is InChI=1S/C4H4BrNO2S.Na/c5-3(8)4-6-2(7)1-9-4;/h8H,1H2,(H,6,7);/q;+1/p-1/b4-3-;. The minimum atomic E-state index is -0.194. The predicted molar refractivity (Wildman–Crippen MR) is 38.5 cm³/mol. The Kier molecular flexibility index (Phi) is 5.06. The van der Waals surface area contributed by atoms with Gasteiger partial charge in [-0.1, -0.05) is 11.8 Å². The monoisotopic (exact) mass is 231 g/mol. The zero-order chi connectivity index (χ0) is 6.85. The molecule has 0 bridgehead atoms. The van der Waals surface area contributed by atoms with Gasteiger partial charge in [0.25, 0.3) is 0 Å². The van der Waals surface area contributed by atoms with Crippen molar-refractivity contribution < 1.29 is 39.8 Å². The van der Waals surface area contributed by atoms with Crippen LogP contribution in [0.25, 0.3) is 0 Å². The molecule has 0 unspecified atom stereocenters. The summed E-state index contributed by atoms with van der Waals surface area (Å²) in [6.45, 7) is 0.